The fourth-order valence-electron chi connectivity index (χ4n) is 7.13. The quantitative estimate of drug-likeness (QED) is 0.334. The largest absolute Gasteiger partial charge is 0.493 e. The Morgan fingerprint density at radius 1 is 1.00 bits per heavy atom. The summed E-state index contributed by atoms with van der Waals surface area (Å²) in [6.45, 7) is 9.99. The van der Waals surface area contributed by atoms with E-state index >= 15 is 0 Å². The van der Waals surface area contributed by atoms with Crippen molar-refractivity contribution in [2.24, 2.45) is 16.9 Å². The molecule has 0 aromatic heterocycles. The van der Waals surface area contributed by atoms with Gasteiger partial charge in [-0.05, 0) is 90.1 Å². The summed E-state index contributed by atoms with van der Waals surface area (Å²) in [6.07, 6.45) is 7.67. The van der Waals surface area contributed by atoms with Crippen LogP contribution in [0.15, 0.2) is 53.7 Å². The van der Waals surface area contributed by atoms with Crippen LogP contribution in [0.3, 0.4) is 0 Å². The van der Waals surface area contributed by atoms with Crippen molar-refractivity contribution < 1.29 is 19.1 Å². The Bertz CT molecular complexity index is 1480. The van der Waals surface area contributed by atoms with Gasteiger partial charge in [0.25, 0.3) is 5.91 Å². The number of hydrogen-bond acceptors (Lipinski definition) is 7. The third-order valence-electron chi connectivity index (χ3n) is 9.56. The number of piperazine rings is 1. The summed E-state index contributed by atoms with van der Waals surface area (Å²) >= 11 is 0. The third-order valence-corrected chi connectivity index (χ3v) is 9.56. The van der Waals surface area contributed by atoms with Gasteiger partial charge >= 0.3 is 0 Å². The second-order valence-corrected chi connectivity index (χ2v) is 13.7. The molecule has 256 valence electrons. The van der Waals surface area contributed by atoms with Gasteiger partial charge in [-0.25, -0.2) is 5.01 Å². The van der Waals surface area contributed by atoms with E-state index in [1.807, 2.05) is 35.2 Å². The number of carbonyl (C=O) groups is 2. The molecule has 0 unspecified atom stereocenters. The normalized spacial score (nSPS) is 21.7. The summed E-state index contributed by atoms with van der Waals surface area (Å²) in [5.41, 5.74) is 4.36. The summed E-state index contributed by atoms with van der Waals surface area (Å²) in [5, 5.41) is 6.69. The molecule has 1 aliphatic carbocycles. The van der Waals surface area contributed by atoms with Gasteiger partial charge in [0.1, 0.15) is 5.60 Å². The van der Waals surface area contributed by atoms with Crippen molar-refractivity contribution in [2.45, 2.75) is 51.7 Å². The predicted molar refractivity (Wildman–Crippen MR) is 190 cm³/mol. The van der Waals surface area contributed by atoms with Crippen LogP contribution in [0.2, 0.25) is 0 Å². The molecule has 4 aliphatic rings. The van der Waals surface area contributed by atoms with Gasteiger partial charge < -0.3 is 19.3 Å². The molecule has 2 amide bonds. The molecule has 6 rings (SSSR count). The van der Waals surface area contributed by atoms with E-state index < -0.39 is 0 Å². The maximum absolute atomic E-state index is 13.8. The molecular weight excluding hydrogens is 637 g/mol. The zero-order chi connectivity index (χ0) is 31.7. The Hall–Kier alpha value is -3.11. The molecule has 1 fully saturated rings. The van der Waals surface area contributed by atoms with Crippen molar-refractivity contribution in [3.05, 3.63) is 70.8 Å². The molecule has 0 spiro atoms. The lowest BCUT2D eigenvalue weighted by Crippen LogP contribution is -2.49. The van der Waals surface area contributed by atoms with Crippen LogP contribution in [0.1, 0.15) is 60.2 Å². The molecule has 0 radical (unpaired) electrons. The number of carbonyl (C=O) groups excluding carboxylic acids is 2. The van der Waals surface area contributed by atoms with Crippen LogP contribution in [0.4, 0.5) is 0 Å². The first-order valence-electron chi connectivity index (χ1n) is 16.3. The number of fused-ring (bicyclic) bond motifs is 2. The third kappa shape index (κ3) is 7.96. The highest BCUT2D eigenvalue weighted by Gasteiger charge is 2.43. The summed E-state index contributed by atoms with van der Waals surface area (Å²) in [5.74, 6) is 1.49. The molecule has 2 aromatic carbocycles. The zero-order valence-electron chi connectivity index (χ0n) is 28.2. The van der Waals surface area contributed by atoms with E-state index in [2.05, 4.69) is 56.0 Å². The first kappa shape index (κ1) is 36.7. The number of amides is 2. The van der Waals surface area contributed by atoms with E-state index in [0.717, 1.165) is 92.4 Å². The van der Waals surface area contributed by atoms with Crippen LogP contribution in [0.5, 0.6) is 11.5 Å². The van der Waals surface area contributed by atoms with Crippen LogP contribution in [0.25, 0.3) is 0 Å². The number of methoxy groups -OCH3 is 1. The molecule has 0 saturated carbocycles. The van der Waals surface area contributed by atoms with Crippen molar-refractivity contribution in [1.82, 2.24) is 19.7 Å². The van der Waals surface area contributed by atoms with Gasteiger partial charge in [-0.15, -0.1) is 24.8 Å². The summed E-state index contributed by atoms with van der Waals surface area (Å²) in [4.78, 5) is 33.7. The molecule has 47 heavy (non-hydrogen) atoms. The number of nitrogens with zero attached hydrogens (tertiary/aromatic N) is 5. The van der Waals surface area contributed by atoms with Gasteiger partial charge in [-0.2, -0.15) is 5.10 Å². The average Bonchev–Trinajstić information content (AvgIpc) is 3.37. The van der Waals surface area contributed by atoms with E-state index in [-0.39, 0.29) is 54.1 Å². The SMILES string of the molecule is COc1ccc(C2=NN(Cc3ccc(C(=O)N4CCN(CCCN(C)C)CC4)cc3)C(=O)[C@H]3CC=CC[C@@H]23)c2c1OC(C)(C)C2.Cl.Cl. The second kappa shape index (κ2) is 15.4. The summed E-state index contributed by atoms with van der Waals surface area (Å²) in [7, 11) is 5.87. The van der Waals surface area contributed by atoms with Crippen LogP contribution in [0, 0.1) is 11.8 Å². The minimum Gasteiger partial charge on any atom is -0.493 e. The maximum Gasteiger partial charge on any atom is 0.253 e. The average molecular weight is 687 g/mol. The number of hydrogen-bond donors (Lipinski definition) is 0. The Morgan fingerprint density at radius 2 is 1.68 bits per heavy atom. The Labute approximate surface area is 291 Å². The molecule has 9 nitrogen and oxygen atoms in total. The number of ether oxygens (including phenoxy) is 2. The minimum atomic E-state index is -0.346. The van der Waals surface area contributed by atoms with E-state index in [1.54, 1.807) is 12.1 Å². The van der Waals surface area contributed by atoms with Crippen molar-refractivity contribution in [3.63, 3.8) is 0 Å². The van der Waals surface area contributed by atoms with E-state index in [4.69, 9.17) is 14.6 Å². The molecule has 3 heterocycles. The fraction of sp³-hybridized carbons (Fsp3) is 0.528. The smallest absolute Gasteiger partial charge is 0.253 e. The Balaban J connectivity index is 0.00000250. The number of rotatable bonds is 9. The van der Waals surface area contributed by atoms with Crippen molar-refractivity contribution in [3.8, 4) is 11.5 Å². The van der Waals surface area contributed by atoms with Crippen LogP contribution >= 0.6 is 24.8 Å². The number of allylic oxidation sites excluding steroid dienone is 2. The Morgan fingerprint density at radius 3 is 2.34 bits per heavy atom. The van der Waals surface area contributed by atoms with Crippen LogP contribution < -0.4 is 9.47 Å². The number of benzene rings is 2. The van der Waals surface area contributed by atoms with Gasteiger partial charge in [-0.1, -0.05) is 24.3 Å². The van der Waals surface area contributed by atoms with E-state index in [0.29, 0.717) is 18.5 Å². The van der Waals surface area contributed by atoms with Crippen molar-refractivity contribution in [2.75, 3.05) is 60.5 Å². The van der Waals surface area contributed by atoms with Gasteiger partial charge in [0, 0.05) is 55.2 Å². The molecular formula is C36H49Cl2N5O4. The molecule has 11 heteroatoms. The molecule has 3 aliphatic heterocycles. The second-order valence-electron chi connectivity index (χ2n) is 13.7. The highest BCUT2D eigenvalue weighted by Crippen LogP contribution is 2.46. The maximum atomic E-state index is 13.8. The summed E-state index contributed by atoms with van der Waals surface area (Å²) in [6, 6.07) is 11.7. The van der Waals surface area contributed by atoms with Crippen LogP contribution in [-0.4, -0.2) is 103 Å². The van der Waals surface area contributed by atoms with Gasteiger partial charge in [0.15, 0.2) is 11.5 Å². The zero-order valence-corrected chi connectivity index (χ0v) is 29.9. The molecule has 1 saturated heterocycles. The monoisotopic (exact) mass is 685 g/mol. The van der Waals surface area contributed by atoms with Crippen molar-refractivity contribution >= 4 is 42.3 Å². The van der Waals surface area contributed by atoms with E-state index in [1.165, 1.54) is 0 Å². The first-order chi connectivity index (χ1) is 21.6. The lowest BCUT2D eigenvalue weighted by molar-refractivity contribution is -0.138. The molecule has 2 aromatic rings. The Kier molecular flexibility index (Phi) is 12.0. The lowest BCUT2D eigenvalue weighted by atomic mass is 9.75. The molecule has 0 bridgehead atoms. The number of hydrazone groups is 1. The highest BCUT2D eigenvalue weighted by atomic mass is 35.5. The van der Waals surface area contributed by atoms with Gasteiger partial charge in [0.05, 0.1) is 25.3 Å². The van der Waals surface area contributed by atoms with Gasteiger partial charge in [-0.3, -0.25) is 14.5 Å². The standard InChI is InChI=1S/C36H47N5O4.2ClH/c1-36(2)23-30-28(15-16-31(44-5)33(30)45-36)32-27-9-6-7-10-29(27)35(43)41(37-32)24-25-11-13-26(14-12-25)34(42)40-21-19-39(20-22-40)18-8-17-38(3)4;;/h6-7,11-16,27,29H,8-10,17-24H2,1-5H3;2*1H/t27-,29+;;/m1../s1. The first-order valence-corrected chi connectivity index (χ1v) is 16.3. The number of halogens is 2. The minimum absolute atomic E-state index is 0. The van der Waals surface area contributed by atoms with E-state index in [9.17, 15) is 9.59 Å². The fourth-order valence-corrected chi connectivity index (χ4v) is 7.13. The van der Waals surface area contributed by atoms with Gasteiger partial charge in [0.2, 0.25) is 5.91 Å². The lowest BCUT2D eigenvalue weighted by Gasteiger charge is -2.37. The molecule has 2 atom stereocenters. The predicted octanol–water partition coefficient (Wildman–Crippen LogP) is 5.29. The summed E-state index contributed by atoms with van der Waals surface area (Å²) < 4.78 is 12.0. The topological polar surface area (TPSA) is 77.9 Å². The van der Waals surface area contributed by atoms with Crippen LogP contribution in [-0.2, 0) is 17.8 Å². The highest BCUT2D eigenvalue weighted by molar-refractivity contribution is 6.08. The molecule has 0 N–H and O–H groups in total. The van der Waals surface area contributed by atoms with Crippen molar-refractivity contribution in [1.29, 1.82) is 0 Å².